The van der Waals surface area contributed by atoms with Gasteiger partial charge < -0.3 is 29.5 Å². The van der Waals surface area contributed by atoms with Crippen molar-refractivity contribution in [3.05, 3.63) is 114 Å². The summed E-state index contributed by atoms with van der Waals surface area (Å²) in [6.45, 7) is 12.2. The summed E-state index contributed by atoms with van der Waals surface area (Å²) < 4.78 is 7.35. The Morgan fingerprint density at radius 2 is 1.74 bits per heavy atom. The molecular formula is C42H50N6O6. The molecule has 4 aromatic rings. The number of fused-ring (bicyclic) bond motifs is 2. The molecule has 3 aromatic carbocycles. The lowest BCUT2D eigenvalue weighted by molar-refractivity contribution is -0.189. The summed E-state index contributed by atoms with van der Waals surface area (Å²) in [6, 6.07) is 21.1. The molecule has 284 valence electrons. The molecule has 12 nitrogen and oxygen atoms in total. The summed E-state index contributed by atoms with van der Waals surface area (Å²) in [5.74, 6) is 0.00296. The van der Waals surface area contributed by atoms with E-state index in [0.717, 1.165) is 27.6 Å². The molecule has 0 spiro atoms. The number of ketones is 1. The molecule has 0 radical (unpaired) electrons. The number of ether oxygens (including phenoxy) is 1. The molecule has 6 rings (SSSR count). The van der Waals surface area contributed by atoms with Crippen molar-refractivity contribution in [2.75, 3.05) is 19.6 Å². The van der Waals surface area contributed by atoms with Crippen LogP contribution in [0.5, 0.6) is 5.75 Å². The van der Waals surface area contributed by atoms with E-state index >= 15 is 0 Å². The number of hydrazine groups is 1. The highest BCUT2D eigenvalue weighted by Crippen LogP contribution is 2.33. The Bertz CT molecular complexity index is 2020. The van der Waals surface area contributed by atoms with Gasteiger partial charge in [0.2, 0.25) is 11.8 Å². The molecular weight excluding hydrogens is 684 g/mol. The normalized spacial score (nSPS) is 18.4. The predicted octanol–water partition coefficient (Wildman–Crippen LogP) is 5.25. The summed E-state index contributed by atoms with van der Waals surface area (Å²) in [7, 11) is 1.90. The third-order valence-electron chi connectivity index (χ3n) is 9.76. The third-order valence-corrected chi connectivity index (χ3v) is 9.76. The van der Waals surface area contributed by atoms with Crippen molar-refractivity contribution in [1.29, 1.82) is 0 Å². The molecule has 12 heteroatoms. The molecule has 0 bridgehead atoms. The van der Waals surface area contributed by atoms with Crippen LogP contribution in [0.3, 0.4) is 0 Å². The van der Waals surface area contributed by atoms with Crippen molar-refractivity contribution in [2.24, 2.45) is 12.5 Å². The molecule has 2 aliphatic rings. The molecule has 1 aromatic heterocycles. The van der Waals surface area contributed by atoms with Gasteiger partial charge in [-0.05, 0) is 41.2 Å². The predicted molar refractivity (Wildman–Crippen MR) is 206 cm³/mol. The first-order valence-corrected chi connectivity index (χ1v) is 18.3. The zero-order valence-corrected chi connectivity index (χ0v) is 31.7. The van der Waals surface area contributed by atoms with Crippen molar-refractivity contribution >= 4 is 34.5 Å². The van der Waals surface area contributed by atoms with E-state index in [-0.39, 0.29) is 62.2 Å². The Hall–Kier alpha value is -5.46. The average Bonchev–Trinajstić information content (AvgIpc) is 3.46. The maximum atomic E-state index is 14.7. The van der Waals surface area contributed by atoms with Crippen LogP contribution in [0.15, 0.2) is 91.6 Å². The molecule has 4 amide bonds. The number of aryl methyl sites for hydroxylation is 1. The smallest absolute Gasteiger partial charge is 0.334 e. The van der Waals surface area contributed by atoms with Gasteiger partial charge in [0.25, 0.3) is 0 Å². The van der Waals surface area contributed by atoms with Crippen molar-refractivity contribution < 1.29 is 29.0 Å². The van der Waals surface area contributed by atoms with Crippen LogP contribution >= 0.6 is 0 Å². The fraction of sp³-hybridized carbons (Fsp3) is 0.381. The molecule has 0 aliphatic carbocycles. The number of amides is 4. The molecule has 54 heavy (non-hydrogen) atoms. The van der Waals surface area contributed by atoms with Crippen molar-refractivity contribution in [3.8, 4) is 5.75 Å². The number of para-hydroxylation sites is 1. The largest absolute Gasteiger partial charge is 0.465 e. The second kappa shape index (κ2) is 15.9. The number of aliphatic hydroxyl groups excluding tert-OH is 1. The lowest BCUT2D eigenvalue weighted by Gasteiger charge is -2.55. The van der Waals surface area contributed by atoms with E-state index in [0.29, 0.717) is 17.7 Å². The molecule has 2 aliphatic heterocycles. The second-order valence-corrected chi connectivity index (χ2v) is 15.3. The van der Waals surface area contributed by atoms with Crippen LogP contribution in [0.1, 0.15) is 61.2 Å². The van der Waals surface area contributed by atoms with E-state index in [1.165, 1.54) is 6.92 Å². The van der Waals surface area contributed by atoms with Gasteiger partial charge >= 0.3 is 6.03 Å². The minimum atomic E-state index is -0.991. The number of hydrogen-bond acceptors (Lipinski definition) is 7. The van der Waals surface area contributed by atoms with E-state index in [1.807, 2.05) is 99.2 Å². The number of piperazine rings is 1. The third kappa shape index (κ3) is 8.35. The van der Waals surface area contributed by atoms with Gasteiger partial charge in [0.05, 0.1) is 18.6 Å². The number of aliphatic hydroxyl groups is 1. The highest BCUT2D eigenvalue weighted by molar-refractivity contribution is 6.09. The lowest BCUT2D eigenvalue weighted by atomic mass is 9.87. The Balaban J connectivity index is 1.38. The molecule has 3 unspecified atom stereocenters. The van der Waals surface area contributed by atoms with Gasteiger partial charge in [-0.3, -0.25) is 14.4 Å². The number of rotatable bonds is 12. The number of carbonyl (C=O) groups excluding carboxylic acids is 4. The molecule has 2 N–H and O–H groups in total. The second-order valence-electron chi connectivity index (χ2n) is 15.3. The molecule has 2 fully saturated rings. The summed E-state index contributed by atoms with van der Waals surface area (Å²) in [5, 5.41) is 16.8. The first-order chi connectivity index (χ1) is 25.7. The SMILES string of the molecule is C=CCN1CC(=O)N2C(Cc3ccc(OC(C)O)cc3)C(=O)N(Cc3cccc4c(C(=O)CC(C)(C)C)cn(C)c34)CC2N1C(=O)NCc1ccccc1. The Labute approximate surface area is 316 Å². The Kier molecular flexibility index (Phi) is 11.3. The monoisotopic (exact) mass is 734 g/mol. The van der Waals surface area contributed by atoms with E-state index in [9.17, 15) is 24.3 Å². The highest BCUT2D eigenvalue weighted by atomic mass is 16.6. The van der Waals surface area contributed by atoms with Gasteiger partial charge in [0.15, 0.2) is 12.1 Å². The van der Waals surface area contributed by atoms with Crippen LogP contribution in [-0.2, 0) is 36.1 Å². The number of Topliss-reactive ketones (excluding diaryl/α,β-unsaturated/α-hetero) is 1. The van der Waals surface area contributed by atoms with E-state index < -0.39 is 24.5 Å². The Morgan fingerprint density at radius 3 is 2.41 bits per heavy atom. The number of hydrogen-bond donors (Lipinski definition) is 2. The number of nitrogens with zero attached hydrogens (tertiary/aromatic N) is 5. The lowest BCUT2D eigenvalue weighted by Crippen LogP contribution is -2.76. The molecule has 0 saturated carbocycles. The number of carbonyl (C=O) groups is 4. The number of nitrogens with one attached hydrogen (secondary N) is 1. The zero-order chi connectivity index (χ0) is 38.7. The molecule has 2 saturated heterocycles. The van der Waals surface area contributed by atoms with Crippen LogP contribution in [0.4, 0.5) is 4.79 Å². The van der Waals surface area contributed by atoms with Crippen molar-refractivity contribution in [1.82, 2.24) is 29.7 Å². The van der Waals surface area contributed by atoms with Crippen LogP contribution in [0, 0.1) is 5.41 Å². The first kappa shape index (κ1) is 38.3. The van der Waals surface area contributed by atoms with Gasteiger partial charge in [0.1, 0.15) is 18.0 Å². The zero-order valence-electron chi connectivity index (χ0n) is 31.7. The molecule has 3 heterocycles. The standard InChI is InChI=1S/C42H50N6O6/c1-7-20-46-27-38(51)47-35(21-29-16-18-32(19-17-29)54-28(2)49)40(52)45(26-37(47)48(46)41(53)43-23-30-12-9-8-10-13-30)24-31-14-11-15-33-34(25-44(6)39(31)33)36(50)22-42(3,4)5/h7-19,25,28,35,37,49H,1,20-24,26-27H2,2-6H3,(H,43,53). The van der Waals surface area contributed by atoms with Gasteiger partial charge in [-0.2, -0.15) is 0 Å². The van der Waals surface area contributed by atoms with E-state index in [4.69, 9.17) is 4.74 Å². The van der Waals surface area contributed by atoms with Crippen molar-refractivity contribution in [3.63, 3.8) is 0 Å². The summed E-state index contributed by atoms with van der Waals surface area (Å²) in [4.78, 5) is 59.7. The van der Waals surface area contributed by atoms with Crippen LogP contribution < -0.4 is 10.1 Å². The fourth-order valence-corrected chi connectivity index (χ4v) is 7.51. The van der Waals surface area contributed by atoms with Crippen molar-refractivity contribution in [2.45, 2.75) is 72.1 Å². The summed E-state index contributed by atoms with van der Waals surface area (Å²) in [5.41, 5.74) is 3.85. The van der Waals surface area contributed by atoms with Crippen LogP contribution in [0.2, 0.25) is 0 Å². The van der Waals surface area contributed by atoms with Gasteiger partial charge in [-0.25, -0.2) is 14.8 Å². The van der Waals surface area contributed by atoms with Crippen LogP contribution in [-0.4, -0.2) is 91.3 Å². The summed E-state index contributed by atoms with van der Waals surface area (Å²) in [6.07, 6.45) is 2.28. The highest BCUT2D eigenvalue weighted by Gasteiger charge is 2.51. The Morgan fingerprint density at radius 1 is 1.02 bits per heavy atom. The number of aromatic nitrogens is 1. The average molecular weight is 735 g/mol. The van der Waals surface area contributed by atoms with Gasteiger partial charge in [-0.15, -0.1) is 6.58 Å². The number of benzene rings is 3. The summed E-state index contributed by atoms with van der Waals surface area (Å²) >= 11 is 0. The fourth-order valence-electron chi connectivity index (χ4n) is 7.51. The topological polar surface area (TPSA) is 128 Å². The number of urea groups is 1. The minimum absolute atomic E-state index is 0.0556. The van der Waals surface area contributed by atoms with E-state index in [2.05, 4.69) is 11.9 Å². The molecule has 3 atom stereocenters. The quantitative estimate of drug-likeness (QED) is 0.116. The maximum absolute atomic E-state index is 14.7. The maximum Gasteiger partial charge on any atom is 0.334 e. The van der Waals surface area contributed by atoms with Crippen LogP contribution in [0.25, 0.3) is 10.9 Å². The van der Waals surface area contributed by atoms with Gasteiger partial charge in [0, 0.05) is 56.7 Å². The van der Waals surface area contributed by atoms with Gasteiger partial charge in [-0.1, -0.05) is 87.5 Å². The van der Waals surface area contributed by atoms with E-state index in [1.54, 1.807) is 38.0 Å². The first-order valence-electron chi connectivity index (χ1n) is 18.3. The minimum Gasteiger partial charge on any atom is -0.465 e.